The van der Waals surface area contributed by atoms with E-state index in [0.29, 0.717) is 24.0 Å². The second-order valence-electron chi connectivity index (χ2n) is 9.69. The number of halogens is 4. The minimum absolute atomic E-state index is 0.0175. The van der Waals surface area contributed by atoms with Crippen LogP contribution in [0.2, 0.25) is 0 Å². The molecule has 35 heavy (non-hydrogen) atoms. The summed E-state index contributed by atoms with van der Waals surface area (Å²) in [6.45, 7) is 1.91. The summed E-state index contributed by atoms with van der Waals surface area (Å²) in [6, 6.07) is 9.55. The normalized spacial score (nSPS) is 21.2. The summed E-state index contributed by atoms with van der Waals surface area (Å²) in [4.78, 5) is 28.2. The lowest BCUT2D eigenvalue weighted by molar-refractivity contribution is -0.142. The van der Waals surface area contributed by atoms with E-state index in [4.69, 9.17) is 0 Å². The van der Waals surface area contributed by atoms with E-state index in [2.05, 4.69) is 5.32 Å². The molecule has 1 saturated heterocycles. The highest BCUT2D eigenvalue weighted by Gasteiger charge is 2.38. The van der Waals surface area contributed by atoms with Gasteiger partial charge in [0.05, 0.1) is 17.5 Å². The summed E-state index contributed by atoms with van der Waals surface area (Å²) in [5.74, 6) is -1.06. The maximum atomic E-state index is 13.9. The quantitative estimate of drug-likeness (QED) is 0.528. The van der Waals surface area contributed by atoms with Gasteiger partial charge in [-0.15, -0.1) is 0 Å². The van der Waals surface area contributed by atoms with Crippen molar-refractivity contribution in [2.24, 2.45) is 11.8 Å². The van der Waals surface area contributed by atoms with Gasteiger partial charge in [0.2, 0.25) is 11.8 Å². The number of hydrogen-bond donors (Lipinski definition) is 1. The molecule has 0 aromatic heterocycles. The Morgan fingerprint density at radius 2 is 1.74 bits per heavy atom. The predicted molar refractivity (Wildman–Crippen MR) is 124 cm³/mol. The fraction of sp³-hybridized carbons (Fsp3) is 0.481. The fourth-order valence-electron chi connectivity index (χ4n) is 5.25. The number of amides is 2. The Kier molecular flexibility index (Phi) is 7.47. The van der Waals surface area contributed by atoms with Gasteiger partial charge in [0.15, 0.2) is 0 Å². The summed E-state index contributed by atoms with van der Waals surface area (Å²) < 4.78 is 52.8. The molecule has 2 aliphatic rings. The largest absolute Gasteiger partial charge is 0.416 e. The molecule has 0 radical (unpaired) electrons. The number of benzene rings is 2. The lowest BCUT2D eigenvalue weighted by Gasteiger charge is -2.41. The van der Waals surface area contributed by atoms with E-state index in [1.165, 1.54) is 12.1 Å². The molecule has 8 heteroatoms. The van der Waals surface area contributed by atoms with Crippen LogP contribution in [0.15, 0.2) is 42.5 Å². The number of nitrogens with zero attached hydrogens (tertiary/aromatic N) is 1. The Balaban J connectivity index is 1.47. The first-order valence-electron chi connectivity index (χ1n) is 12.1. The van der Waals surface area contributed by atoms with Crippen molar-refractivity contribution in [3.8, 4) is 0 Å². The van der Waals surface area contributed by atoms with Crippen molar-refractivity contribution in [2.75, 3.05) is 6.54 Å². The van der Waals surface area contributed by atoms with Crippen LogP contribution in [0.1, 0.15) is 66.8 Å². The van der Waals surface area contributed by atoms with Gasteiger partial charge in [-0.1, -0.05) is 37.1 Å². The van der Waals surface area contributed by atoms with Crippen molar-refractivity contribution in [2.45, 2.75) is 64.2 Å². The van der Waals surface area contributed by atoms with Crippen LogP contribution < -0.4 is 5.32 Å². The standard InChI is InChI=1S/C27H30F4N2O2/c1-17-13-20(9-11-23(17)28)24-12-10-21(16-33(24)26(35)19-6-2-3-7-19)25(34)32-15-18-5-4-8-22(14-18)27(29,30)31/h4-5,8-9,11,13-14,19,21,24H,2-3,6-7,10,12,15-16H2,1H3,(H,32,34)/t21-,24+/m1/s1. The van der Waals surface area contributed by atoms with Crippen molar-refractivity contribution < 1.29 is 27.2 Å². The first-order valence-corrected chi connectivity index (χ1v) is 12.1. The van der Waals surface area contributed by atoms with Crippen molar-refractivity contribution in [3.05, 3.63) is 70.5 Å². The molecule has 0 unspecified atom stereocenters. The summed E-state index contributed by atoms with van der Waals surface area (Å²) in [6.07, 6.45) is 0.318. The Morgan fingerprint density at radius 1 is 1.00 bits per heavy atom. The number of piperidine rings is 1. The van der Waals surface area contributed by atoms with E-state index >= 15 is 0 Å². The molecule has 4 rings (SSSR count). The lowest BCUT2D eigenvalue weighted by Crippen LogP contribution is -2.48. The molecular formula is C27H30F4N2O2. The van der Waals surface area contributed by atoms with Gasteiger partial charge >= 0.3 is 6.18 Å². The average molecular weight is 491 g/mol. The predicted octanol–water partition coefficient (Wildman–Crippen LogP) is 5.94. The van der Waals surface area contributed by atoms with Crippen LogP contribution in [-0.4, -0.2) is 23.3 Å². The van der Waals surface area contributed by atoms with E-state index < -0.39 is 17.7 Å². The molecule has 2 atom stereocenters. The van der Waals surface area contributed by atoms with E-state index in [1.807, 2.05) is 0 Å². The lowest BCUT2D eigenvalue weighted by atomic mass is 9.86. The molecule has 2 amide bonds. The van der Waals surface area contributed by atoms with E-state index in [9.17, 15) is 27.2 Å². The molecular weight excluding hydrogens is 460 g/mol. The Hall–Kier alpha value is -2.90. The van der Waals surface area contributed by atoms with Gasteiger partial charge in [-0.2, -0.15) is 13.2 Å². The summed E-state index contributed by atoms with van der Waals surface area (Å²) in [7, 11) is 0. The van der Waals surface area contributed by atoms with Crippen LogP contribution in [0.5, 0.6) is 0 Å². The second-order valence-corrected chi connectivity index (χ2v) is 9.69. The van der Waals surface area contributed by atoms with E-state index in [0.717, 1.165) is 43.4 Å². The summed E-state index contributed by atoms with van der Waals surface area (Å²) in [5, 5.41) is 2.75. The minimum atomic E-state index is -4.45. The van der Waals surface area contributed by atoms with Gasteiger partial charge in [0.25, 0.3) is 0 Å². The molecule has 0 spiro atoms. The van der Waals surface area contributed by atoms with Gasteiger partial charge in [0, 0.05) is 19.0 Å². The van der Waals surface area contributed by atoms with Crippen LogP contribution in [-0.2, 0) is 22.3 Å². The molecule has 1 heterocycles. The Morgan fingerprint density at radius 3 is 2.43 bits per heavy atom. The first-order chi connectivity index (χ1) is 16.6. The molecule has 1 N–H and O–H groups in total. The molecule has 2 aromatic rings. The van der Waals surface area contributed by atoms with Crippen LogP contribution in [0.4, 0.5) is 17.6 Å². The third-order valence-corrected chi connectivity index (χ3v) is 7.23. The highest BCUT2D eigenvalue weighted by molar-refractivity contribution is 5.83. The third kappa shape index (κ3) is 5.85. The molecule has 2 fully saturated rings. The van der Waals surface area contributed by atoms with E-state index in [-0.39, 0.29) is 42.7 Å². The van der Waals surface area contributed by atoms with Gasteiger partial charge in [-0.25, -0.2) is 4.39 Å². The number of aryl methyl sites for hydroxylation is 1. The fourth-order valence-corrected chi connectivity index (χ4v) is 5.25. The Bertz CT molecular complexity index is 1080. The minimum Gasteiger partial charge on any atom is -0.352 e. The highest BCUT2D eigenvalue weighted by atomic mass is 19.4. The molecule has 4 nitrogen and oxygen atoms in total. The zero-order valence-electron chi connectivity index (χ0n) is 19.7. The molecule has 188 valence electrons. The summed E-state index contributed by atoms with van der Waals surface area (Å²) in [5.41, 5.74) is 0.977. The number of likely N-dealkylation sites (tertiary alicyclic amines) is 1. The number of carbonyl (C=O) groups is 2. The number of nitrogens with one attached hydrogen (secondary N) is 1. The molecule has 1 aliphatic heterocycles. The first kappa shape index (κ1) is 25.2. The topological polar surface area (TPSA) is 49.4 Å². The maximum Gasteiger partial charge on any atom is 0.416 e. The number of hydrogen-bond acceptors (Lipinski definition) is 2. The van der Waals surface area contributed by atoms with E-state index in [1.54, 1.807) is 30.0 Å². The third-order valence-electron chi connectivity index (χ3n) is 7.23. The van der Waals surface area contributed by atoms with Crippen LogP contribution in [0, 0.1) is 24.6 Å². The zero-order valence-corrected chi connectivity index (χ0v) is 19.7. The van der Waals surface area contributed by atoms with Gasteiger partial charge in [0.1, 0.15) is 5.82 Å². The SMILES string of the molecule is Cc1cc([C@@H]2CC[C@@H](C(=O)NCc3cccc(C(F)(F)F)c3)CN2C(=O)C2CCCC2)ccc1F. The number of rotatable bonds is 5. The van der Waals surface area contributed by atoms with Crippen molar-refractivity contribution in [1.29, 1.82) is 0 Å². The van der Waals surface area contributed by atoms with Crippen LogP contribution in [0.3, 0.4) is 0 Å². The van der Waals surface area contributed by atoms with Gasteiger partial charge < -0.3 is 10.2 Å². The smallest absolute Gasteiger partial charge is 0.352 e. The molecule has 2 aromatic carbocycles. The van der Waals surface area contributed by atoms with Crippen LogP contribution in [0.25, 0.3) is 0 Å². The molecule has 1 aliphatic carbocycles. The molecule has 1 saturated carbocycles. The molecule has 0 bridgehead atoms. The van der Waals surface area contributed by atoms with Crippen molar-refractivity contribution >= 4 is 11.8 Å². The maximum absolute atomic E-state index is 13.9. The Labute approximate surface area is 202 Å². The summed E-state index contributed by atoms with van der Waals surface area (Å²) >= 11 is 0. The second kappa shape index (κ2) is 10.4. The average Bonchev–Trinajstić information content (AvgIpc) is 3.38. The number of alkyl halides is 3. The van der Waals surface area contributed by atoms with Crippen LogP contribution >= 0.6 is 0 Å². The van der Waals surface area contributed by atoms with Gasteiger partial charge in [-0.05, 0) is 67.5 Å². The zero-order chi connectivity index (χ0) is 25.2. The monoisotopic (exact) mass is 490 g/mol. The highest BCUT2D eigenvalue weighted by Crippen LogP contribution is 2.38. The van der Waals surface area contributed by atoms with Crippen molar-refractivity contribution in [3.63, 3.8) is 0 Å². The van der Waals surface area contributed by atoms with Gasteiger partial charge in [-0.3, -0.25) is 9.59 Å². The number of carbonyl (C=O) groups excluding carboxylic acids is 2. The van der Waals surface area contributed by atoms with Crippen molar-refractivity contribution in [1.82, 2.24) is 10.2 Å².